The van der Waals surface area contributed by atoms with Gasteiger partial charge in [0.25, 0.3) is 11.5 Å². The third-order valence-electron chi connectivity index (χ3n) is 7.40. The van der Waals surface area contributed by atoms with Crippen molar-refractivity contribution in [3.63, 3.8) is 0 Å². The van der Waals surface area contributed by atoms with E-state index in [2.05, 4.69) is 26.9 Å². The van der Waals surface area contributed by atoms with E-state index in [-0.39, 0.29) is 23.6 Å². The molecule has 2 aromatic carbocycles. The Morgan fingerprint density at radius 3 is 2.58 bits per heavy atom. The topological polar surface area (TPSA) is 131 Å². The highest BCUT2D eigenvalue weighted by Crippen LogP contribution is 2.43. The van der Waals surface area contributed by atoms with Crippen molar-refractivity contribution < 1.29 is 9.59 Å². The van der Waals surface area contributed by atoms with Crippen molar-refractivity contribution in [2.24, 2.45) is 5.41 Å². The third kappa shape index (κ3) is 6.02. The van der Waals surface area contributed by atoms with Crippen LogP contribution in [-0.2, 0) is 4.79 Å². The van der Waals surface area contributed by atoms with E-state index < -0.39 is 17.4 Å². The molecule has 1 fully saturated rings. The lowest BCUT2D eigenvalue weighted by Gasteiger charge is -2.38. The van der Waals surface area contributed by atoms with E-state index in [4.69, 9.17) is 11.6 Å². The van der Waals surface area contributed by atoms with Gasteiger partial charge in [0.15, 0.2) is 0 Å². The summed E-state index contributed by atoms with van der Waals surface area (Å²) >= 11 is 6.25. The van der Waals surface area contributed by atoms with Crippen LogP contribution in [0.4, 0.5) is 11.4 Å². The van der Waals surface area contributed by atoms with Crippen LogP contribution in [0.15, 0.2) is 53.3 Å². The molecular weight excluding hydrogens is 528 g/mol. The number of rotatable bonds is 7. The molecule has 1 saturated heterocycles. The Morgan fingerprint density at radius 1 is 1.15 bits per heavy atom. The highest BCUT2D eigenvalue weighted by molar-refractivity contribution is 6.30. The highest BCUT2D eigenvalue weighted by atomic mass is 35.5. The lowest BCUT2D eigenvalue weighted by Crippen LogP contribution is -2.52. The fourth-order valence-electron chi connectivity index (χ4n) is 5.20. The van der Waals surface area contributed by atoms with E-state index in [9.17, 15) is 19.6 Å². The van der Waals surface area contributed by atoms with Gasteiger partial charge in [-0.25, -0.2) is 5.10 Å². The summed E-state index contributed by atoms with van der Waals surface area (Å²) in [4.78, 5) is 40.9. The van der Waals surface area contributed by atoms with Crippen molar-refractivity contribution >= 4 is 34.8 Å². The fraction of sp³-hybridized carbons (Fsp3) is 0.367. The molecule has 10 heteroatoms. The maximum atomic E-state index is 13.9. The molecule has 1 aliphatic rings. The van der Waals surface area contributed by atoms with Gasteiger partial charge in [0.05, 0.1) is 29.3 Å². The number of carbonyl (C=O) groups is 2. The van der Waals surface area contributed by atoms with Crippen molar-refractivity contribution in [3.05, 3.63) is 86.3 Å². The van der Waals surface area contributed by atoms with Gasteiger partial charge in [-0.1, -0.05) is 23.7 Å². The molecule has 208 valence electrons. The average Bonchev–Trinajstić information content (AvgIpc) is 3.37. The molecule has 2 heterocycles. The molecule has 9 nitrogen and oxygen atoms in total. The van der Waals surface area contributed by atoms with Gasteiger partial charge in [-0.2, -0.15) is 10.4 Å². The van der Waals surface area contributed by atoms with Gasteiger partial charge >= 0.3 is 0 Å². The van der Waals surface area contributed by atoms with Gasteiger partial charge in [0.1, 0.15) is 11.7 Å². The number of hydrogen-bond donors (Lipinski definition) is 3. The third-order valence-corrected chi connectivity index (χ3v) is 7.64. The average molecular weight is 561 g/mol. The van der Waals surface area contributed by atoms with Crippen LogP contribution in [0.5, 0.6) is 0 Å². The Morgan fingerprint density at radius 2 is 1.90 bits per heavy atom. The second-order valence-electron chi connectivity index (χ2n) is 10.8. The van der Waals surface area contributed by atoms with Gasteiger partial charge in [-0.15, -0.1) is 0 Å². The van der Waals surface area contributed by atoms with Crippen molar-refractivity contribution in [1.29, 1.82) is 5.26 Å². The first-order valence-electron chi connectivity index (χ1n) is 13.1. The van der Waals surface area contributed by atoms with Crippen LogP contribution in [0, 0.1) is 30.6 Å². The molecule has 4 rings (SSSR count). The summed E-state index contributed by atoms with van der Waals surface area (Å²) in [6.07, 6.45) is 1.35. The van der Waals surface area contributed by atoms with Crippen molar-refractivity contribution in [3.8, 4) is 6.07 Å². The molecule has 2 amide bonds. The number of nitriles is 1. The number of amides is 2. The monoisotopic (exact) mass is 560 g/mol. The minimum Gasteiger partial charge on any atom is -0.351 e. The second-order valence-corrected chi connectivity index (χ2v) is 11.3. The summed E-state index contributed by atoms with van der Waals surface area (Å²) in [5.41, 5.74) is 2.57. The number of likely N-dealkylation sites (tertiary alicyclic amines) is 1. The van der Waals surface area contributed by atoms with Crippen molar-refractivity contribution in [2.75, 3.05) is 5.32 Å². The first-order chi connectivity index (χ1) is 18.9. The highest BCUT2D eigenvalue weighted by Gasteiger charge is 2.46. The Labute approximate surface area is 238 Å². The van der Waals surface area contributed by atoms with Crippen molar-refractivity contribution in [1.82, 2.24) is 20.4 Å². The molecule has 1 aliphatic heterocycles. The summed E-state index contributed by atoms with van der Waals surface area (Å²) in [5, 5.41) is 22.7. The quantitative estimate of drug-likeness (QED) is 0.365. The first kappa shape index (κ1) is 28.8. The molecule has 3 aromatic rings. The van der Waals surface area contributed by atoms with E-state index in [1.54, 1.807) is 49.1 Å². The van der Waals surface area contributed by atoms with E-state index in [0.29, 0.717) is 40.5 Å². The van der Waals surface area contributed by atoms with Crippen LogP contribution < -0.4 is 16.2 Å². The van der Waals surface area contributed by atoms with Crippen LogP contribution >= 0.6 is 11.6 Å². The number of anilines is 2. The summed E-state index contributed by atoms with van der Waals surface area (Å²) in [5.74, 6) is -0.658. The maximum Gasteiger partial charge on any atom is 0.287 e. The number of aromatic amines is 1. The largest absolute Gasteiger partial charge is 0.351 e. The SMILES string of the molecule is Cc1cc(Nc2ccc(C(=O)NC(C)C(=O)N3[C@H](c4cccc(Cl)c4)CC[C@@H]3C(C)(C)C#N)cc2C)c(=O)[nH]n1. The molecule has 1 aromatic heterocycles. The molecule has 40 heavy (non-hydrogen) atoms. The normalized spacial score (nSPS) is 17.7. The fourth-order valence-corrected chi connectivity index (χ4v) is 5.40. The molecule has 0 aliphatic carbocycles. The summed E-state index contributed by atoms with van der Waals surface area (Å²) in [6.45, 7) is 8.92. The lowest BCUT2D eigenvalue weighted by molar-refractivity contribution is -0.137. The smallest absolute Gasteiger partial charge is 0.287 e. The minimum atomic E-state index is -0.833. The van der Waals surface area contributed by atoms with Crippen LogP contribution in [0.25, 0.3) is 0 Å². The van der Waals surface area contributed by atoms with E-state index in [1.165, 1.54) is 0 Å². The molecule has 3 atom stereocenters. The number of hydrogen-bond acceptors (Lipinski definition) is 6. The van der Waals surface area contributed by atoms with Gasteiger partial charge in [-0.3, -0.25) is 14.4 Å². The van der Waals surface area contributed by atoms with Crippen LogP contribution in [0.2, 0.25) is 5.02 Å². The van der Waals surface area contributed by atoms with Gasteiger partial charge in [-0.05, 0) is 95.0 Å². The predicted octanol–water partition coefficient (Wildman–Crippen LogP) is 5.18. The van der Waals surface area contributed by atoms with Gasteiger partial charge in [0.2, 0.25) is 5.91 Å². The second kappa shape index (κ2) is 11.5. The Bertz CT molecular complexity index is 1540. The number of H-pyrrole nitrogens is 1. The standard InChI is InChI=1S/C30H33ClN6O3/c1-17-13-21(9-10-23(17)34-24-14-18(2)35-36-28(24)39)27(38)33-19(3)29(40)37-25(20-7-6-8-22(31)15-20)11-12-26(37)30(4,5)16-32/h6-10,13-15,19,25-26H,11-12H2,1-5H3,(H,33,38)(H,34,35)(H,36,39)/t19?,25-,26+/m0/s1. The molecule has 0 bridgehead atoms. The minimum absolute atomic E-state index is 0.254. The van der Waals surface area contributed by atoms with Crippen LogP contribution in [-0.4, -0.2) is 39.0 Å². The molecule has 0 radical (unpaired) electrons. The van der Waals surface area contributed by atoms with E-state index in [1.807, 2.05) is 39.0 Å². The van der Waals surface area contributed by atoms with Crippen LogP contribution in [0.1, 0.15) is 66.8 Å². The summed E-state index contributed by atoms with van der Waals surface area (Å²) < 4.78 is 0. The molecule has 1 unspecified atom stereocenters. The number of nitrogens with zero attached hydrogens (tertiary/aromatic N) is 3. The predicted molar refractivity (Wildman–Crippen MR) is 154 cm³/mol. The number of carbonyl (C=O) groups excluding carboxylic acids is 2. The molecule has 0 saturated carbocycles. The summed E-state index contributed by atoms with van der Waals surface area (Å²) in [7, 11) is 0. The lowest BCUT2D eigenvalue weighted by atomic mass is 9.84. The number of aryl methyl sites for hydroxylation is 2. The Balaban J connectivity index is 1.53. The Kier molecular flexibility index (Phi) is 8.31. The zero-order valence-electron chi connectivity index (χ0n) is 23.2. The molecule has 0 spiro atoms. The van der Waals surface area contributed by atoms with Gasteiger partial charge in [0, 0.05) is 16.3 Å². The number of nitrogens with one attached hydrogen (secondary N) is 3. The summed E-state index contributed by atoms with van der Waals surface area (Å²) in [6, 6.07) is 15.0. The van der Waals surface area contributed by atoms with E-state index in [0.717, 1.165) is 11.1 Å². The van der Waals surface area contributed by atoms with Crippen molar-refractivity contribution in [2.45, 2.75) is 65.6 Å². The first-order valence-corrected chi connectivity index (χ1v) is 13.5. The van der Waals surface area contributed by atoms with Gasteiger partial charge < -0.3 is 15.5 Å². The van der Waals surface area contributed by atoms with E-state index >= 15 is 0 Å². The maximum absolute atomic E-state index is 13.9. The molecule has 3 N–H and O–H groups in total. The number of benzene rings is 2. The number of halogens is 1. The zero-order chi connectivity index (χ0) is 29.2. The zero-order valence-corrected chi connectivity index (χ0v) is 24.0. The van der Waals surface area contributed by atoms with Crippen LogP contribution in [0.3, 0.4) is 0 Å². The molecular formula is C30H33ClN6O3. The number of aromatic nitrogens is 2. The Hall–Kier alpha value is -4.16.